The van der Waals surface area contributed by atoms with Gasteiger partial charge in [0.2, 0.25) is 5.71 Å². The smallest absolute Gasteiger partial charge is 0.227 e. The van der Waals surface area contributed by atoms with Gasteiger partial charge in [0, 0.05) is 23.0 Å². The molecule has 10 rings (SSSR count). The highest BCUT2D eigenvalue weighted by atomic mass is 16.3. The van der Waals surface area contributed by atoms with E-state index < -0.39 is 0 Å². The molecule has 0 spiro atoms. The number of pyridine rings is 1. The van der Waals surface area contributed by atoms with Crippen LogP contribution in [0.2, 0.25) is 0 Å². The van der Waals surface area contributed by atoms with Crippen LogP contribution in [-0.4, -0.2) is 4.98 Å². The van der Waals surface area contributed by atoms with Crippen LogP contribution in [0, 0.1) is 0 Å². The minimum Gasteiger partial charge on any atom is -0.438 e. The molecular weight excluding hydrogens is 609 g/mol. The third-order valence-electron chi connectivity index (χ3n) is 9.89. The minimum absolute atomic E-state index is 0.634. The van der Waals surface area contributed by atoms with E-state index in [1.165, 1.54) is 38.2 Å². The minimum atomic E-state index is 0.634. The van der Waals surface area contributed by atoms with Crippen molar-refractivity contribution in [2.45, 2.75) is 0 Å². The van der Waals surface area contributed by atoms with Gasteiger partial charge < -0.3 is 9.32 Å². The Bertz CT molecular complexity index is 2870. The predicted molar refractivity (Wildman–Crippen MR) is 210 cm³/mol. The van der Waals surface area contributed by atoms with E-state index in [9.17, 15) is 0 Å². The normalized spacial score (nSPS) is 11.6. The quantitative estimate of drug-likeness (QED) is 0.188. The van der Waals surface area contributed by atoms with E-state index in [2.05, 4.69) is 180 Å². The Balaban J connectivity index is 1.24. The first-order chi connectivity index (χ1) is 24.8. The van der Waals surface area contributed by atoms with Crippen LogP contribution in [-0.2, 0) is 0 Å². The first kappa shape index (κ1) is 28.3. The van der Waals surface area contributed by atoms with Gasteiger partial charge in [0.25, 0.3) is 0 Å². The summed E-state index contributed by atoms with van der Waals surface area (Å²) in [6.45, 7) is 0. The fourth-order valence-corrected chi connectivity index (χ4v) is 7.61. The van der Waals surface area contributed by atoms with Gasteiger partial charge in [-0.15, -0.1) is 0 Å². The van der Waals surface area contributed by atoms with Crippen molar-refractivity contribution in [3.63, 3.8) is 0 Å². The third-order valence-corrected chi connectivity index (χ3v) is 9.89. The van der Waals surface area contributed by atoms with Crippen LogP contribution in [0.1, 0.15) is 0 Å². The average Bonchev–Trinajstić information content (AvgIpc) is 3.56. The second kappa shape index (κ2) is 11.5. The number of nitrogens with zero attached hydrogens (tertiary/aromatic N) is 2. The van der Waals surface area contributed by atoms with Gasteiger partial charge in [0.15, 0.2) is 0 Å². The summed E-state index contributed by atoms with van der Waals surface area (Å²) in [6.07, 6.45) is 1.79. The largest absolute Gasteiger partial charge is 0.438 e. The van der Waals surface area contributed by atoms with Crippen LogP contribution in [0.5, 0.6) is 0 Å². The van der Waals surface area contributed by atoms with E-state index in [1.54, 1.807) is 6.20 Å². The molecule has 10 aromatic rings. The number of anilines is 3. The summed E-state index contributed by atoms with van der Waals surface area (Å²) in [7, 11) is 0. The van der Waals surface area contributed by atoms with Crippen LogP contribution < -0.4 is 4.90 Å². The number of fused-ring (bicyclic) bond motifs is 6. The first-order valence-electron chi connectivity index (χ1n) is 17.0. The summed E-state index contributed by atoms with van der Waals surface area (Å²) in [4.78, 5) is 7.02. The molecule has 0 unspecified atom stereocenters. The van der Waals surface area contributed by atoms with Crippen molar-refractivity contribution in [2.75, 3.05) is 4.90 Å². The summed E-state index contributed by atoms with van der Waals surface area (Å²) in [5, 5.41) is 9.22. The van der Waals surface area contributed by atoms with Gasteiger partial charge in [0.1, 0.15) is 5.58 Å². The second-order valence-electron chi connectivity index (χ2n) is 12.8. The van der Waals surface area contributed by atoms with E-state index in [-0.39, 0.29) is 0 Å². The Hall–Kier alpha value is -6.71. The molecule has 0 aliphatic heterocycles. The fourth-order valence-electron chi connectivity index (χ4n) is 7.61. The maximum atomic E-state index is 6.44. The lowest BCUT2D eigenvalue weighted by Crippen LogP contribution is -2.11. The summed E-state index contributed by atoms with van der Waals surface area (Å²) >= 11 is 0. The molecule has 3 nitrogen and oxygen atoms in total. The van der Waals surface area contributed by atoms with E-state index in [1.807, 2.05) is 6.07 Å². The predicted octanol–water partition coefficient (Wildman–Crippen LogP) is 13.2. The summed E-state index contributed by atoms with van der Waals surface area (Å²) < 4.78 is 6.44. The van der Waals surface area contributed by atoms with Crippen LogP contribution in [0.4, 0.5) is 17.1 Å². The zero-order chi connectivity index (χ0) is 33.0. The molecule has 0 N–H and O–H groups in total. The molecule has 0 radical (unpaired) electrons. The van der Waals surface area contributed by atoms with Crippen molar-refractivity contribution in [1.29, 1.82) is 0 Å². The van der Waals surface area contributed by atoms with Crippen molar-refractivity contribution in [1.82, 2.24) is 4.98 Å². The van der Waals surface area contributed by atoms with Crippen molar-refractivity contribution in [2.24, 2.45) is 0 Å². The summed E-state index contributed by atoms with van der Waals surface area (Å²) in [6, 6.07) is 63.0. The van der Waals surface area contributed by atoms with E-state index >= 15 is 0 Å². The maximum Gasteiger partial charge on any atom is 0.227 e. The van der Waals surface area contributed by atoms with Crippen LogP contribution in [0.15, 0.2) is 187 Å². The molecule has 0 atom stereocenters. The van der Waals surface area contributed by atoms with Crippen molar-refractivity contribution >= 4 is 71.4 Å². The Morgan fingerprint density at radius 3 is 1.76 bits per heavy atom. The third kappa shape index (κ3) is 4.56. The number of aromatic nitrogens is 1. The highest BCUT2D eigenvalue weighted by molar-refractivity contribution is 6.21. The number of hydrogen-bond donors (Lipinski definition) is 0. The van der Waals surface area contributed by atoms with Gasteiger partial charge in [-0.2, -0.15) is 0 Å². The Labute approximate surface area is 289 Å². The lowest BCUT2D eigenvalue weighted by molar-refractivity contribution is 0.654. The van der Waals surface area contributed by atoms with Gasteiger partial charge in [0.05, 0.1) is 16.5 Å². The topological polar surface area (TPSA) is 29.3 Å². The van der Waals surface area contributed by atoms with Gasteiger partial charge in [-0.05, 0) is 91.6 Å². The van der Waals surface area contributed by atoms with Crippen LogP contribution >= 0.6 is 0 Å². The molecule has 2 heterocycles. The standard InChI is InChI=1S/C47H30N2O/c1-4-18-38-31(11-1)14-8-21-40(38)33-24-26-36(27-25-33)49(37-17-7-16-34(29-37)41-22-9-15-32-12-2-5-19-39(32)41)46-42-20-6-3-13-35(42)30-44-45(46)43-23-10-28-48-47(43)50-44/h1-30H. The molecule has 0 bridgehead atoms. The highest BCUT2D eigenvalue weighted by Gasteiger charge is 2.23. The van der Waals surface area contributed by atoms with Gasteiger partial charge in [-0.25, -0.2) is 4.98 Å². The number of rotatable bonds is 5. The molecular formula is C47H30N2O. The van der Waals surface area contributed by atoms with Crippen molar-refractivity contribution in [3.05, 3.63) is 182 Å². The molecule has 0 fully saturated rings. The highest BCUT2D eigenvalue weighted by Crippen LogP contribution is 2.48. The van der Waals surface area contributed by atoms with E-state index in [0.717, 1.165) is 49.8 Å². The zero-order valence-electron chi connectivity index (χ0n) is 27.1. The molecule has 2 aromatic heterocycles. The molecule has 0 aliphatic carbocycles. The van der Waals surface area contributed by atoms with Crippen molar-refractivity contribution in [3.8, 4) is 22.3 Å². The van der Waals surface area contributed by atoms with Crippen molar-refractivity contribution < 1.29 is 4.42 Å². The van der Waals surface area contributed by atoms with Gasteiger partial charge >= 0.3 is 0 Å². The van der Waals surface area contributed by atoms with Crippen LogP contribution in [0.3, 0.4) is 0 Å². The number of furan rings is 1. The number of hydrogen-bond acceptors (Lipinski definition) is 3. The van der Waals surface area contributed by atoms with E-state index in [0.29, 0.717) is 5.71 Å². The molecule has 234 valence electrons. The van der Waals surface area contributed by atoms with Gasteiger partial charge in [-0.3, -0.25) is 0 Å². The second-order valence-corrected chi connectivity index (χ2v) is 12.8. The molecule has 8 aromatic carbocycles. The lowest BCUT2D eigenvalue weighted by Gasteiger charge is -2.28. The Kier molecular flexibility index (Phi) is 6.49. The van der Waals surface area contributed by atoms with E-state index in [4.69, 9.17) is 4.42 Å². The van der Waals surface area contributed by atoms with Gasteiger partial charge in [-0.1, -0.05) is 133 Å². The fraction of sp³-hybridized carbons (Fsp3) is 0. The SMILES string of the molecule is c1cc(-c2cccc3ccccc23)cc(N(c2ccc(-c3cccc4ccccc34)cc2)c2c3ccccc3cc3oc4ncccc4c23)c1. The monoisotopic (exact) mass is 638 g/mol. The molecule has 0 amide bonds. The average molecular weight is 639 g/mol. The zero-order valence-corrected chi connectivity index (χ0v) is 27.1. The molecule has 50 heavy (non-hydrogen) atoms. The summed E-state index contributed by atoms with van der Waals surface area (Å²) in [5.74, 6) is 0. The summed E-state index contributed by atoms with van der Waals surface area (Å²) in [5.41, 5.74) is 9.39. The molecule has 0 saturated carbocycles. The first-order valence-corrected chi connectivity index (χ1v) is 17.0. The molecule has 0 saturated heterocycles. The number of benzene rings is 8. The molecule has 0 aliphatic rings. The Morgan fingerprint density at radius 2 is 1.02 bits per heavy atom. The maximum absolute atomic E-state index is 6.44. The molecule has 3 heteroatoms. The lowest BCUT2D eigenvalue weighted by atomic mass is 9.96. The van der Waals surface area contributed by atoms with Crippen LogP contribution in [0.25, 0.3) is 76.6 Å². The Morgan fingerprint density at radius 1 is 0.420 bits per heavy atom.